The molecular weight excluding hydrogens is 702 g/mol. The first-order valence-corrected chi connectivity index (χ1v) is 19.0. The van der Waals surface area contributed by atoms with E-state index in [0.29, 0.717) is 23.2 Å². The maximum atomic E-state index is 14.8. The highest BCUT2D eigenvalue weighted by Crippen LogP contribution is 2.45. The van der Waals surface area contributed by atoms with Gasteiger partial charge in [0.25, 0.3) is 0 Å². The van der Waals surface area contributed by atoms with E-state index in [9.17, 15) is 4.39 Å². The van der Waals surface area contributed by atoms with Crippen LogP contribution in [0.15, 0.2) is 194 Å². The summed E-state index contributed by atoms with van der Waals surface area (Å²) in [5.41, 5.74) is 11.0. The van der Waals surface area contributed by atoms with E-state index in [2.05, 4.69) is 143 Å². The van der Waals surface area contributed by atoms with E-state index in [-0.39, 0.29) is 5.82 Å². The average Bonchev–Trinajstić information content (AvgIpc) is 3.80. The van der Waals surface area contributed by atoms with Gasteiger partial charge in [0.05, 0.1) is 27.8 Å². The molecule has 0 aliphatic carbocycles. The van der Waals surface area contributed by atoms with Crippen molar-refractivity contribution >= 4 is 43.6 Å². The van der Waals surface area contributed by atoms with E-state index in [1.54, 1.807) is 6.07 Å². The molecule has 268 valence electrons. The lowest BCUT2D eigenvalue weighted by molar-refractivity contribution is 0.628. The molecule has 0 bridgehead atoms. The molecule has 0 saturated carbocycles. The molecule has 11 rings (SSSR count). The number of aromatic nitrogens is 5. The first kappa shape index (κ1) is 32.7. The van der Waals surface area contributed by atoms with Gasteiger partial charge < -0.3 is 4.57 Å². The molecule has 8 aromatic carbocycles. The van der Waals surface area contributed by atoms with Gasteiger partial charge in [-0.15, -0.1) is 0 Å². The topological polar surface area (TPSA) is 48.5 Å². The molecular formula is C51H32FN5. The van der Waals surface area contributed by atoms with Crippen molar-refractivity contribution in [3.8, 4) is 56.7 Å². The summed E-state index contributed by atoms with van der Waals surface area (Å²) in [4.78, 5) is 15.3. The third-order valence-electron chi connectivity index (χ3n) is 10.8. The van der Waals surface area contributed by atoms with Crippen LogP contribution in [0.2, 0.25) is 0 Å². The number of halogens is 1. The molecule has 0 N–H and O–H groups in total. The number of rotatable bonds is 6. The Hall–Kier alpha value is -7.70. The molecule has 0 fully saturated rings. The van der Waals surface area contributed by atoms with Crippen molar-refractivity contribution in [2.45, 2.75) is 0 Å². The van der Waals surface area contributed by atoms with E-state index < -0.39 is 0 Å². The number of nitrogens with zero attached hydrogens (tertiary/aromatic N) is 5. The molecule has 0 spiro atoms. The van der Waals surface area contributed by atoms with Crippen LogP contribution >= 0.6 is 0 Å². The molecule has 0 saturated heterocycles. The maximum absolute atomic E-state index is 14.8. The summed E-state index contributed by atoms with van der Waals surface area (Å²) >= 11 is 0. The number of para-hydroxylation sites is 2. The maximum Gasteiger partial charge on any atom is 0.238 e. The first-order valence-electron chi connectivity index (χ1n) is 19.0. The zero-order chi connectivity index (χ0) is 37.9. The third kappa shape index (κ3) is 5.34. The molecule has 0 unspecified atom stereocenters. The Morgan fingerprint density at radius 2 is 0.877 bits per heavy atom. The van der Waals surface area contributed by atoms with Gasteiger partial charge in [-0.1, -0.05) is 164 Å². The molecule has 0 atom stereocenters. The highest BCUT2D eigenvalue weighted by atomic mass is 19.1. The highest BCUT2D eigenvalue weighted by molar-refractivity contribution is 6.24. The molecule has 5 nitrogen and oxygen atoms in total. The van der Waals surface area contributed by atoms with Gasteiger partial charge >= 0.3 is 0 Å². The average molecular weight is 734 g/mol. The summed E-state index contributed by atoms with van der Waals surface area (Å²) in [6.07, 6.45) is 0. The van der Waals surface area contributed by atoms with Gasteiger partial charge in [-0.05, 0) is 47.0 Å². The fraction of sp³-hybridized carbons (Fsp3) is 0. The summed E-state index contributed by atoms with van der Waals surface area (Å²) in [7, 11) is 0. The van der Waals surface area contributed by atoms with Gasteiger partial charge in [-0.25, -0.2) is 9.37 Å². The zero-order valence-electron chi connectivity index (χ0n) is 30.6. The minimum atomic E-state index is -0.356. The van der Waals surface area contributed by atoms with Crippen LogP contribution in [-0.4, -0.2) is 24.1 Å². The van der Waals surface area contributed by atoms with Crippen LogP contribution in [0.5, 0.6) is 0 Å². The van der Waals surface area contributed by atoms with Crippen molar-refractivity contribution in [1.29, 1.82) is 0 Å². The van der Waals surface area contributed by atoms with Crippen LogP contribution in [0.25, 0.3) is 100 Å². The number of hydrogen-bond acceptors (Lipinski definition) is 3. The summed E-state index contributed by atoms with van der Waals surface area (Å²) in [6, 6.07) is 65.6. The number of benzene rings is 8. The molecule has 0 amide bonds. The largest absolute Gasteiger partial charge is 0.307 e. The monoisotopic (exact) mass is 733 g/mol. The van der Waals surface area contributed by atoms with Gasteiger partial charge in [-0.3, -0.25) is 4.57 Å². The molecule has 6 heteroatoms. The first-order chi connectivity index (χ1) is 28.2. The standard InChI is InChI=1S/C51H32FN5/c52-37-23-14-22-36(32-37)50-53-49(35-20-8-3-9-21-35)54-51(55-50)57-44-28-13-11-25-40(44)42-31-30-41-39-24-10-12-27-43(39)56(47(41)48(42)57)45-29-15-26-38(33-16-4-1-5-17-33)46(45)34-18-6-2-7-19-34/h1-32H. The summed E-state index contributed by atoms with van der Waals surface area (Å²) < 4.78 is 19.4. The number of fused-ring (bicyclic) bond motifs is 7. The molecule has 0 aliphatic rings. The lowest BCUT2D eigenvalue weighted by atomic mass is 9.93. The van der Waals surface area contributed by atoms with Crippen molar-refractivity contribution in [3.05, 3.63) is 200 Å². The predicted molar refractivity (Wildman–Crippen MR) is 230 cm³/mol. The van der Waals surface area contributed by atoms with Crippen LogP contribution in [0.1, 0.15) is 0 Å². The quantitative estimate of drug-likeness (QED) is 0.171. The zero-order valence-corrected chi connectivity index (χ0v) is 30.6. The van der Waals surface area contributed by atoms with Gasteiger partial charge in [0.1, 0.15) is 5.82 Å². The molecule has 0 radical (unpaired) electrons. The second-order valence-electron chi connectivity index (χ2n) is 14.2. The lowest BCUT2D eigenvalue weighted by Crippen LogP contribution is -2.07. The SMILES string of the molecule is Fc1cccc(-c2nc(-c3ccccc3)nc(-n3c4ccccc4c4ccc5c6ccccc6n(-c6cccc(-c7ccccc7)c6-c6ccccc6)c5c43)n2)c1. The van der Waals surface area contributed by atoms with E-state index in [1.807, 2.05) is 42.5 Å². The third-order valence-corrected chi connectivity index (χ3v) is 10.8. The minimum absolute atomic E-state index is 0.356. The van der Waals surface area contributed by atoms with Gasteiger partial charge in [0.2, 0.25) is 5.95 Å². The Bertz CT molecular complexity index is 3300. The Kier molecular flexibility index (Phi) is 7.60. The van der Waals surface area contributed by atoms with Gasteiger partial charge in [0, 0.05) is 38.2 Å². The normalized spacial score (nSPS) is 11.6. The van der Waals surface area contributed by atoms with Crippen molar-refractivity contribution < 1.29 is 4.39 Å². The van der Waals surface area contributed by atoms with E-state index in [0.717, 1.165) is 77.1 Å². The smallest absolute Gasteiger partial charge is 0.238 e. The van der Waals surface area contributed by atoms with Crippen molar-refractivity contribution in [2.75, 3.05) is 0 Å². The van der Waals surface area contributed by atoms with Crippen LogP contribution in [0, 0.1) is 5.82 Å². The van der Waals surface area contributed by atoms with Crippen LogP contribution < -0.4 is 0 Å². The Morgan fingerprint density at radius 1 is 0.368 bits per heavy atom. The Labute approximate surface area is 327 Å². The van der Waals surface area contributed by atoms with Gasteiger partial charge in [-0.2, -0.15) is 9.97 Å². The Balaban J connectivity index is 1.32. The summed E-state index contributed by atoms with van der Waals surface area (Å²) in [5, 5.41) is 4.38. The van der Waals surface area contributed by atoms with E-state index in [1.165, 1.54) is 12.1 Å². The van der Waals surface area contributed by atoms with E-state index in [4.69, 9.17) is 15.0 Å². The summed E-state index contributed by atoms with van der Waals surface area (Å²) in [6.45, 7) is 0. The fourth-order valence-corrected chi connectivity index (χ4v) is 8.39. The van der Waals surface area contributed by atoms with Crippen molar-refractivity contribution in [2.24, 2.45) is 0 Å². The van der Waals surface area contributed by atoms with Crippen molar-refractivity contribution in [3.63, 3.8) is 0 Å². The van der Waals surface area contributed by atoms with Crippen LogP contribution in [0.3, 0.4) is 0 Å². The molecule has 11 aromatic rings. The van der Waals surface area contributed by atoms with Crippen LogP contribution in [-0.2, 0) is 0 Å². The lowest BCUT2D eigenvalue weighted by Gasteiger charge is -2.19. The van der Waals surface area contributed by atoms with Crippen LogP contribution in [0.4, 0.5) is 4.39 Å². The van der Waals surface area contributed by atoms with Gasteiger partial charge in [0.15, 0.2) is 11.6 Å². The second-order valence-corrected chi connectivity index (χ2v) is 14.2. The molecule has 3 aromatic heterocycles. The molecule has 57 heavy (non-hydrogen) atoms. The highest BCUT2D eigenvalue weighted by Gasteiger charge is 2.25. The minimum Gasteiger partial charge on any atom is -0.307 e. The second kappa shape index (κ2) is 13.3. The molecule has 0 aliphatic heterocycles. The van der Waals surface area contributed by atoms with E-state index >= 15 is 0 Å². The Morgan fingerprint density at radius 3 is 1.53 bits per heavy atom. The predicted octanol–water partition coefficient (Wildman–Crippen LogP) is 12.9. The fourth-order valence-electron chi connectivity index (χ4n) is 8.39. The number of hydrogen-bond donors (Lipinski definition) is 0. The summed E-state index contributed by atoms with van der Waals surface area (Å²) in [5.74, 6) is 0.977. The molecule has 3 heterocycles. The van der Waals surface area contributed by atoms with Crippen molar-refractivity contribution in [1.82, 2.24) is 24.1 Å².